The summed E-state index contributed by atoms with van der Waals surface area (Å²) in [7, 11) is 1.68. The van der Waals surface area contributed by atoms with E-state index in [-0.39, 0.29) is 11.8 Å². The average Bonchev–Trinajstić information content (AvgIpc) is 2.29. The maximum atomic E-state index is 11.9. The highest BCUT2D eigenvalue weighted by molar-refractivity contribution is 5.78. The Bertz CT molecular complexity index is 171. The van der Waals surface area contributed by atoms with Gasteiger partial charge in [-0.25, -0.2) is 0 Å². The first-order valence-corrected chi connectivity index (χ1v) is 6.52. The summed E-state index contributed by atoms with van der Waals surface area (Å²) in [5.41, 5.74) is 0. The molecule has 1 atom stereocenters. The van der Waals surface area contributed by atoms with Gasteiger partial charge >= 0.3 is 0 Å². The van der Waals surface area contributed by atoms with Gasteiger partial charge in [0, 0.05) is 26.2 Å². The minimum absolute atomic E-state index is 0.215. The molecule has 0 aliphatic rings. The molecular weight excluding hydrogens is 202 g/mol. The van der Waals surface area contributed by atoms with Gasteiger partial charge in [-0.3, -0.25) is 4.79 Å². The maximum absolute atomic E-state index is 11.9. The lowest BCUT2D eigenvalue weighted by Crippen LogP contribution is -2.31. The van der Waals surface area contributed by atoms with Gasteiger partial charge in [0.25, 0.3) is 0 Å². The van der Waals surface area contributed by atoms with E-state index in [1.54, 1.807) is 7.11 Å². The summed E-state index contributed by atoms with van der Waals surface area (Å²) in [4.78, 5) is 11.9. The third-order valence-corrected chi connectivity index (χ3v) is 2.74. The van der Waals surface area contributed by atoms with Gasteiger partial charge in [-0.05, 0) is 19.3 Å². The van der Waals surface area contributed by atoms with Crippen LogP contribution in [0.5, 0.6) is 0 Å². The highest BCUT2D eigenvalue weighted by Gasteiger charge is 2.15. The molecule has 3 heteroatoms. The van der Waals surface area contributed by atoms with E-state index in [1.807, 2.05) is 0 Å². The summed E-state index contributed by atoms with van der Waals surface area (Å²) < 4.78 is 4.95. The molecule has 1 amide bonds. The van der Waals surface area contributed by atoms with E-state index in [4.69, 9.17) is 4.74 Å². The molecule has 0 heterocycles. The van der Waals surface area contributed by atoms with Crippen LogP contribution in [0.25, 0.3) is 0 Å². The molecule has 0 fully saturated rings. The number of ether oxygens (including phenoxy) is 1. The smallest absolute Gasteiger partial charge is 0.223 e. The largest absolute Gasteiger partial charge is 0.385 e. The van der Waals surface area contributed by atoms with Crippen molar-refractivity contribution in [2.45, 2.75) is 52.4 Å². The lowest BCUT2D eigenvalue weighted by Gasteiger charge is -2.15. The van der Waals surface area contributed by atoms with Crippen LogP contribution in [0, 0.1) is 5.92 Å². The first-order valence-electron chi connectivity index (χ1n) is 6.52. The summed E-state index contributed by atoms with van der Waals surface area (Å²) in [5, 5.41) is 2.99. The van der Waals surface area contributed by atoms with Crippen molar-refractivity contribution in [3.8, 4) is 0 Å². The minimum Gasteiger partial charge on any atom is -0.385 e. The fourth-order valence-corrected chi connectivity index (χ4v) is 1.78. The first-order chi connectivity index (χ1) is 7.76. The van der Waals surface area contributed by atoms with Crippen molar-refractivity contribution in [2.75, 3.05) is 20.3 Å². The Morgan fingerprint density at radius 1 is 1.19 bits per heavy atom. The number of hydrogen-bond acceptors (Lipinski definition) is 2. The van der Waals surface area contributed by atoms with Crippen molar-refractivity contribution in [3.63, 3.8) is 0 Å². The zero-order chi connectivity index (χ0) is 12.2. The molecule has 3 nitrogen and oxygen atoms in total. The number of unbranched alkanes of at least 4 members (excludes halogenated alkanes) is 1. The Kier molecular flexibility index (Phi) is 10.5. The fourth-order valence-electron chi connectivity index (χ4n) is 1.78. The summed E-state index contributed by atoms with van der Waals surface area (Å²) in [5.74, 6) is 0.443. The molecule has 0 saturated carbocycles. The molecule has 0 spiro atoms. The zero-order valence-electron chi connectivity index (χ0n) is 11.1. The Balaban J connectivity index is 3.77. The zero-order valence-corrected chi connectivity index (χ0v) is 11.1. The van der Waals surface area contributed by atoms with E-state index in [9.17, 15) is 4.79 Å². The number of carbonyl (C=O) groups excluding carboxylic acids is 1. The minimum atomic E-state index is 0.215. The van der Waals surface area contributed by atoms with Crippen LogP contribution in [-0.2, 0) is 9.53 Å². The average molecular weight is 229 g/mol. The second-order valence-corrected chi connectivity index (χ2v) is 4.27. The Morgan fingerprint density at radius 3 is 2.50 bits per heavy atom. The van der Waals surface area contributed by atoms with Crippen molar-refractivity contribution < 1.29 is 9.53 Å². The third-order valence-electron chi connectivity index (χ3n) is 2.74. The number of rotatable bonds is 10. The van der Waals surface area contributed by atoms with Crippen LogP contribution in [-0.4, -0.2) is 26.2 Å². The molecule has 0 rings (SSSR count). The normalized spacial score (nSPS) is 12.4. The number of methoxy groups -OCH3 is 1. The van der Waals surface area contributed by atoms with E-state index in [0.29, 0.717) is 6.61 Å². The highest BCUT2D eigenvalue weighted by Crippen LogP contribution is 2.14. The summed E-state index contributed by atoms with van der Waals surface area (Å²) in [6, 6.07) is 0. The second-order valence-electron chi connectivity index (χ2n) is 4.27. The quantitative estimate of drug-likeness (QED) is 0.585. The summed E-state index contributed by atoms with van der Waals surface area (Å²) >= 11 is 0. The molecule has 0 aliphatic carbocycles. The number of hydrogen-bond donors (Lipinski definition) is 1. The highest BCUT2D eigenvalue weighted by atomic mass is 16.5. The van der Waals surface area contributed by atoms with Gasteiger partial charge in [0.15, 0.2) is 0 Å². The Hall–Kier alpha value is -0.570. The predicted octanol–water partition coefficient (Wildman–Crippen LogP) is 2.75. The first kappa shape index (κ1) is 15.4. The molecule has 1 unspecified atom stereocenters. The van der Waals surface area contributed by atoms with Gasteiger partial charge in [-0.1, -0.05) is 33.1 Å². The van der Waals surface area contributed by atoms with Gasteiger partial charge in [0.2, 0.25) is 5.91 Å². The monoisotopic (exact) mass is 229 g/mol. The van der Waals surface area contributed by atoms with Crippen molar-refractivity contribution in [1.29, 1.82) is 0 Å². The molecular formula is C13H27NO2. The van der Waals surface area contributed by atoms with Crippen molar-refractivity contribution in [1.82, 2.24) is 5.32 Å². The van der Waals surface area contributed by atoms with Crippen molar-refractivity contribution in [2.24, 2.45) is 5.92 Å². The molecule has 0 aliphatic heterocycles. The van der Waals surface area contributed by atoms with Crippen LogP contribution in [0.4, 0.5) is 0 Å². The van der Waals surface area contributed by atoms with Gasteiger partial charge in [0.05, 0.1) is 0 Å². The Labute approximate surface area is 99.9 Å². The van der Waals surface area contributed by atoms with Gasteiger partial charge in [-0.15, -0.1) is 0 Å². The molecule has 1 N–H and O–H groups in total. The fraction of sp³-hybridized carbons (Fsp3) is 0.923. The molecule has 96 valence electrons. The molecule has 0 radical (unpaired) electrons. The Morgan fingerprint density at radius 2 is 1.94 bits per heavy atom. The van der Waals surface area contributed by atoms with Crippen LogP contribution in [0.3, 0.4) is 0 Å². The number of amides is 1. The lowest BCUT2D eigenvalue weighted by atomic mass is 9.96. The van der Waals surface area contributed by atoms with Crippen molar-refractivity contribution >= 4 is 5.91 Å². The molecule has 0 saturated heterocycles. The van der Waals surface area contributed by atoms with E-state index >= 15 is 0 Å². The van der Waals surface area contributed by atoms with Crippen LogP contribution < -0.4 is 5.32 Å². The summed E-state index contributed by atoms with van der Waals surface area (Å²) in [6.07, 6.45) is 6.33. The van der Waals surface area contributed by atoms with Crippen LogP contribution in [0.1, 0.15) is 52.4 Å². The van der Waals surface area contributed by atoms with Crippen molar-refractivity contribution in [3.05, 3.63) is 0 Å². The number of carbonyl (C=O) groups is 1. The summed E-state index contributed by atoms with van der Waals surface area (Å²) in [6.45, 7) is 5.75. The predicted molar refractivity (Wildman–Crippen MR) is 67.4 cm³/mol. The van der Waals surface area contributed by atoms with Gasteiger partial charge < -0.3 is 10.1 Å². The molecule has 0 aromatic rings. The molecule has 0 aromatic carbocycles. The molecule has 0 bridgehead atoms. The third kappa shape index (κ3) is 7.69. The van der Waals surface area contributed by atoms with E-state index in [2.05, 4.69) is 19.2 Å². The maximum Gasteiger partial charge on any atom is 0.223 e. The SMILES string of the molecule is CCCCC(CCC)C(=O)NCCCOC. The van der Waals surface area contributed by atoms with E-state index < -0.39 is 0 Å². The standard InChI is InChI=1S/C13H27NO2/c1-4-6-9-12(8-5-2)13(15)14-10-7-11-16-3/h12H,4-11H2,1-3H3,(H,14,15). The van der Waals surface area contributed by atoms with Crippen LogP contribution in [0.15, 0.2) is 0 Å². The number of nitrogens with one attached hydrogen (secondary N) is 1. The molecule has 0 aromatic heterocycles. The lowest BCUT2D eigenvalue weighted by molar-refractivity contribution is -0.125. The van der Waals surface area contributed by atoms with Gasteiger partial charge in [-0.2, -0.15) is 0 Å². The molecule has 16 heavy (non-hydrogen) atoms. The van der Waals surface area contributed by atoms with E-state index in [1.165, 1.54) is 0 Å². The second kappa shape index (κ2) is 10.9. The van der Waals surface area contributed by atoms with Gasteiger partial charge in [0.1, 0.15) is 0 Å². The van der Waals surface area contributed by atoms with E-state index in [0.717, 1.165) is 45.1 Å². The topological polar surface area (TPSA) is 38.3 Å². The van der Waals surface area contributed by atoms with Crippen LogP contribution in [0.2, 0.25) is 0 Å². The van der Waals surface area contributed by atoms with Crippen LogP contribution >= 0.6 is 0 Å².